The van der Waals surface area contributed by atoms with Crippen LogP contribution in [0.25, 0.3) is 72.5 Å². The maximum atomic E-state index is 5.11. The molecule has 3 nitrogen and oxygen atoms in total. The van der Waals surface area contributed by atoms with Crippen molar-refractivity contribution in [3.8, 4) is 50.7 Å². The molecule has 7 aromatic carbocycles. The second-order valence-electron chi connectivity index (χ2n) is 13.0. The van der Waals surface area contributed by atoms with E-state index in [0.29, 0.717) is 5.82 Å². The van der Waals surface area contributed by atoms with Crippen LogP contribution in [0.1, 0.15) is 22.6 Å². The summed E-state index contributed by atoms with van der Waals surface area (Å²) in [5.41, 5.74) is 15.1. The Balaban J connectivity index is 1.05. The SMILES string of the molecule is c1ccc(-c2nc(-c3ccc(C4c5ccccc5-c5ccccc54)cc3)cc(-c3ccc(-n4c5ccccc5c5ccccc54)cc3)n2)cc1. The first-order chi connectivity index (χ1) is 24.8. The lowest BCUT2D eigenvalue weighted by atomic mass is 9.89. The number of aromatic nitrogens is 3. The standard InChI is InChI=1S/C47H31N3/c1-2-12-34(13-3-1)47-48-42(31-22-24-33(25-23-31)46-40-18-6-4-14-36(40)37-15-5-7-19-41(37)46)30-43(49-47)32-26-28-35(29-27-32)50-44-20-10-8-16-38(44)39-17-9-11-21-45(39)50/h1-30,46H. The van der Waals surface area contributed by atoms with E-state index < -0.39 is 0 Å². The average molecular weight is 638 g/mol. The normalized spacial score (nSPS) is 12.3. The second-order valence-corrected chi connectivity index (χ2v) is 13.0. The van der Waals surface area contributed by atoms with E-state index >= 15 is 0 Å². The molecule has 50 heavy (non-hydrogen) atoms. The third-order valence-electron chi connectivity index (χ3n) is 10.1. The van der Waals surface area contributed by atoms with Gasteiger partial charge in [-0.2, -0.15) is 0 Å². The van der Waals surface area contributed by atoms with E-state index in [1.807, 2.05) is 18.2 Å². The lowest BCUT2D eigenvalue weighted by Gasteiger charge is -2.15. The van der Waals surface area contributed by atoms with Crippen LogP contribution in [0.3, 0.4) is 0 Å². The quantitative estimate of drug-likeness (QED) is 0.188. The molecule has 0 amide bonds. The zero-order valence-electron chi connectivity index (χ0n) is 27.2. The van der Waals surface area contributed by atoms with Gasteiger partial charge in [-0.3, -0.25) is 0 Å². The van der Waals surface area contributed by atoms with Gasteiger partial charge in [0.15, 0.2) is 5.82 Å². The largest absolute Gasteiger partial charge is 0.309 e. The Labute approximate surface area is 290 Å². The fourth-order valence-corrected chi connectivity index (χ4v) is 7.80. The van der Waals surface area contributed by atoms with Gasteiger partial charge in [0.2, 0.25) is 0 Å². The Hall–Kier alpha value is -6.58. The lowest BCUT2D eigenvalue weighted by molar-refractivity contribution is 1.01. The van der Waals surface area contributed by atoms with Crippen LogP contribution in [-0.2, 0) is 0 Å². The second kappa shape index (κ2) is 11.5. The zero-order valence-corrected chi connectivity index (χ0v) is 27.2. The lowest BCUT2D eigenvalue weighted by Crippen LogP contribution is -2.00. The van der Waals surface area contributed by atoms with E-state index in [1.165, 1.54) is 49.6 Å². The van der Waals surface area contributed by atoms with Crippen molar-refractivity contribution in [3.63, 3.8) is 0 Å². The highest BCUT2D eigenvalue weighted by Crippen LogP contribution is 2.48. The van der Waals surface area contributed by atoms with Gasteiger partial charge in [-0.1, -0.05) is 152 Å². The number of benzene rings is 7. The summed E-state index contributed by atoms with van der Waals surface area (Å²) in [5.74, 6) is 0.928. The van der Waals surface area contributed by atoms with E-state index in [0.717, 1.165) is 33.8 Å². The summed E-state index contributed by atoms with van der Waals surface area (Å²) >= 11 is 0. The van der Waals surface area contributed by atoms with Crippen LogP contribution in [0, 0.1) is 0 Å². The number of hydrogen-bond donors (Lipinski definition) is 0. The van der Waals surface area contributed by atoms with E-state index in [4.69, 9.17) is 9.97 Å². The minimum absolute atomic E-state index is 0.213. The van der Waals surface area contributed by atoms with Gasteiger partial charge in [-0.25, -0.2) is 9.97 Å². The molecule has 0 spiro atoms. The number of para-hydroxylation sites is 2. The van der Waals surface area contributed by atoms with Gasteiger partial charge in [0.25, 0.3) is 0 Å². The first-order valence-electron chi connectivity index (χ1n) is 17.1. The minimum atomic E-state index is 0.213. The van der Waals surface area contributed by atoms with Crippen LogP contribution in [0.4, 0.5) is 0 Å². The maximum Gasteiger partial charge on any atom is 0.160 e. The van der Waals surface area contributed by atoms with Crippen LogP contribution >= 0.6 is 0 Å². The summed E-state index contributed by atoms with van der Waals surface area (Å²) in [7, 11) is 0. The number of rotatable bonds is 5. The third-order valence-corrected chi connectivity index (χ3v) is 10.1. The van der Waals surface area contributed by atoms with Gasteiger partial charge in [0.1, 0.15) is 0 Å². The third kappa shape index (κ3) is 4.59. The van der Waals surface area contributed by atoms with Crippen molar-refractivity contribution in [2.45, 2.75) is 5.92 Å². The highest BCUT2D eigenvalue weighted by molar-refractivity contribution is 6.09. The van der Waals surface area contributed by atoms with Gasteiger partial charge in [0, 0.05) is 39.1 Å². The molecule has 0 fully saturated rings. The van der Waals surface area contributed by atoms with E-state index in [2.05, 4.69) is 168 Å². The molecule has 1 aliphatic rings. The molecule has 0 saturated carbocycles. The van der Waals surface area contributed by atoms with E-state index in [9.17, 15) is 0 Å². The fraction of sp³-hybridized carbons (Fsp3) is 0.0213. The molecule has 9 aromatic rings. The monoisotopic (exact) mass is 637 g/mol. The Morgan fingerprint density at radius 1 is 0.400 bits per heavy atom. The van der Waals surface area contributed by atoms with Crippen LogP contribution in [0.15, 0.2) is 182 Å². The van der Waals surface area contributed by atoms with Crippen LogP contribution in [0.2, 0.25) is 0 Å². The number of fused-ring (bicyclic) bond motifs is 6. The van der Waals surface area contributed by atoms with Crippen molar-refractivity contribution in [1.29, 1.82) is 0 Å². The smallest absolute Gasteiger partial charge is 0.160 e. The van der Waals surface area contributed by atoms with Crippen molar-refractivity contribution in [2.75, 3.05) is 0 Å². The Morgan fingerprint density at radius 2 is 0.880 bits per heavy atom. The first kappa shape index (κ1) is 28.4. The Bertz CT molecular complexity index is 2590. The molecule has 0 radical (unpaired) electrons. The van der Waals surface area contributed by atoms with Crippen molar-refractivity contribution < 1.29 is 0 Å². The van der Waals surface area contributed by atoms with Gasteiger partial charge >= 0.3 is 0 Å². The molecule has 2 aromatic heterocycles. The molecular weight excluding hydrogens is 607 g/mol. The van der Waals surface area contributed by atoms with Crippen molar-refractivity contribution in [1.82, 2.24) is 14.5 Å². The molecule has 1 aliphatic carbocycles. The average Bonchev–Trinajstić information content (AvgIpc) is 3.71. The van der Waals surface area contributed by atoms with Crippen LogP contribution < -0.4 is 0 Å². The molecular formula is C47H31N3. The maximum absolute atomic E-state index is 5.11. The predicted octanol–water partition coefficient (Wildman–Crippen LogP) is 11.7. The topological polar surface area (TPSA) is 30.7 Å². The molecule has 3 heteroatoms. The molecule has 0 saturated heterocycles. The van der Waals surface area contributed by atoms with Gasteiger partial charge < -0.3 is 4.57 Å². The fourth-order valence-electron chi connectivity index (χ4n) is 7.80. The molecule has 0 atom stereocenters. The number of hydrogen-bond acceptors (Lipinski definition) is 2. The summed E-state index contributed by atoms with van der Waals surface area (Å²) in [6.07, 6.45) is 0. The Kier molecular flexibility index (Phi) is 6.56. The molecule has 234 valence electrons. The first-order valence-corrected chi connectivity index (χ1v) is 17.1. The summed E-state index contributed by atoms with van der Waals surface area (Å²) in [6, 6.07) is 64.9. The van der Waals surface area contributed by atoms with Gasteiger partial charge in [0.05, 0.1) is 22.4 Å². The molecule has 0 N–H and O–H groups in total. The van der Waals surface area contributed by atoms with Crippen LogP contribution in [0.5, 0.6) is 0 Å². The predicted molar refractivity (Wildman–Crippen MR) is 206 cm³/mol. The van der Waals surface area contributed by atoms with E-state index in [1.54, 1.807) is 0 Å². The number of nitrogens with zero attached hydrogens (tertiary/aromatic N) is 3. The molecule has 0 bridgehead atoms. The van der Waals surface area contributed by atoms with Gasteiger partial charge in [-0.15, -0.1) is 0 Å². The highest BCUT2D eigenvalue weighted by atomic mass is 15.0. The molecule has 0 unspecified atom stereocenters. The summed E-state index contributed by atoms with van der Waals surface area (Å²) < 4.78 is 2.35. The molecule has 0 aliphatic heterocycles. The summed E-state index contributed by atoms with van der Waals surface area (Å²) in [5, 5.41) is 2.51. The van der Waals surface area contributed by atoms with Crippen molar-refractivity contribution >= 4 is 21.8 Å². The summed E-state index contributed by atoms with van der Waals surface area (Å²) in [6.45, 7) is 0. The Morgan fingerprint density at radius 3 is 1.46 bits per heavy atom. The van der Waals surface area contributed by atoms with E-state index in [-0.39, 0.29) is 5.92 Å². The molecule has 2 heterocycles. The highest BCUT2D eigenvalue weighted by Gasteiger charge is 2.29. The minimum Gasteiger partial charge on any atom is -0.309 e. The van der Waals surface area contributed by atoms with Crippen molar-refractivity contribution in [3.05, 3.63) is 199 Å². The van der Waals surface area contributed by atoms with Crippen LogP contribution in [-0.4, -0.2) is 14.5 Å². The van der Waals surface area contributed by atoms with Gasteiger partial charge in [-0.05, 0) is 58.1 Å². The molecule has 10 rings (SSSR count). The summed E-state index contributed by atoms with van der Waals surface area (Å²) in [4.78, 5) is 10.2. The van der Waals surface area contributed by atoms with Crippen molar-refractivity contribution in [2.24, 2.45) is 0 Å². The zero-order chi connectivity index (χ0) is 33.0.